The highest BCUT2D eigenvalue weighted by Gasteiger charge is 2.21. The van der Waals surface area contributed by atoms with Crippen molar-refractivity contribution in [3.63, 3.8) is 0 Å². The van der Waals surface area contributed by atoms with E-state index in [2.05, 4.69) is 20.3 Å². The van der Waals surface area contributed by atoms with Gasteiger partial charge in [0.15, 0.2) is 5.75 Å². The number of anilines is 1. The SMILES string of the molecule is Cc1[nH]c(C(=O)NCc2ccc(F)cc2)c(C)c1-c1nc(N)ncc1O. The molecule has 0 aliphatic carbocycles. The molecule has 8 heteroatoms. The van der Waals surface area contributed by atoms with Gasteiger partial charge in [-0.25, -0.2) is 14.4 Å². The number of hydrogen-bond acceptors (Lipinski definition) is 5. The Morgan fingerprint density at radius 3 is 2.69 bits per heavy atom. The molecule has 2 aromatic heterocycles. The Balaban J connectivity index is 1.86. The van der Waals surface area contributed by atoms with Crippen molar-refractivity contribution in [2.75, 3.05) is 5.73 Å². The van der Waals surface area contributed by atoms with Gasteiger partial charge in [-0.1, -0.05) is 12.1 Å². The van der Waals surface area contributed by atoms with E-state index in [1.54, 1.807) is 26.0 Å². The Morgan fingerprint density at radius 2 is 2.00 bits per heavy atom. The third kappa shape index (κ3) is 3.34. The summed E-state index contributed by atoms with van der Waals surface area (Å²) in [5, 5.41) is 12.8. The molecule has 134 valence electrons. The van der Waals surface area contributed by atoms with Gasteiger partial charge in [-0.2, -0.15) is 0 Å². The van der Waals surface area contributed by atoms with Gasteiger partial charge in [-0.3, -0.25) is 4.79 Å². The van der Waals surface area contributed by atoms with Crippen molar-refractivity contribution < 1.29 is 14.3 Å². The van der Waals surface area contributed by atoms with Crippen molar-refractivity contribution >= 4 is 11.9 Å². The lowest BCUT2D eigenvalue weighted by atomic mass is 10.1. The van der Waals surface area contributed by atoms with Crippen molar-refractivity contribution in [2.24, 2.45) is 0 Å². The maximum absolute atomic E-state index is 12.9. The molecule has 5 N–H and O–H groups in total. The smallest absolute Gasteiger partial charge is 0.268 e. The highest BCUT2D eigenvalue weighted by Crippen LogP contribution is 2.33. The largest absolute Gasteiger partial charge is 0.504 e. The Hall–Kier alpha value is -3.42. The van der Waals surface area contributed by atoms with Crippen LogP contribution in [0.4, 0.5) is 10.3 Å². The van der Waals surface area contributed by atoms with Gasteiger partial charge in [0.2, 0.25) is 5.95 Å². The maximum atomic E-state index is 12.9. The number of nitrogens with zero attached hydrogens (tertiary/aromatic N) is 2. The van der Waals surface area contributed by atoms with Crippen molar-refractivity contribution in [3.8, 4) is 17.0 Å². The number of aromatic nitrogens is 3. The predicted molar refractivity (Wildman–Crippen MR) is 94.9 cm³/mol. The van der Waals surface area contributed by atoms with Crippen LogP contribution >= 0.6 is 0 Å². The van der Waals surface area contributed by atoms with E-state index < -0.39 is 0 Å². The van der Waals surface area contributed by atoms with Crippen LogP contribution < -0.4 is 11.1 Å². The lowest BCUT2D eigenvalue weighted by Crippen LogP contribution is -2.23. The van der Waals surface area contributed by atoms with Crippen LogP contribution in [-0.2, 0) is 6.54 Å². The molecule has 0 atom stereocenters. The van der Waals surface area contributed by atoms with Crippen LogP contribution in [0.2, 0.25) is 0 Å². The molecule has 0 bridgehead atoms. The van der Waals surface area contributed by atoms with Crippen LogP contribution in [0, 0.1) is 19.7 Å². The molecule has 0 radical (unpaired) electrons. The van der Waals surface area contributed by atoms with Crippen LogP contribution in [0.5, 0.6) is 5.75 Å². The first-order valence-electron chi connectivity index (χ1n) is 7.90. The van der Waals surface area contributed by atoms with Gasteiger partial charge in [-0.15, -0.1) is 0 Å². The van der Waals surface area contributed by atoms with Gasteiger partial charge in [-0.05, 0) is 37.1 Å². The first kappa shape index (κ1) is 17.4. The number of aryl methyl sites for hydroxylation is 1. The Kier molecular flexibility index (Phi) is 4.57. The quantitative estimate of drug-likeness (QED) is 0.573. The third-order valence-electron chi connectivity index (χ3n) is 4.06. The average molecular weight is 355 g/mol. The van der Waals surface area contributed by atoms with Crippen molar-refractivity contribution in [1.82, 2.24) is 20.3 Å². The highest BCUT2D eigenvalue weighted by atomic mass is 19.1. The number of hydrogen-bond donors (Lipinski definition) is 4. The number of rotatable bonds is 4. The van der Waals surface area contributed by atoms with E-state index in [1.807, 2.05) is 0 Å². The fourth-order valence-corrected chi connectivity index (χ4v) is 2.78. The normalized spacial score (nSPS) is 10.7. The van der Waals surface area contributed by atoms with E-state index in [9.17, 15) is 14.3 Å². The standard InChI is InChI=1S/C18H18FN5O2/c1-9-14(16-13(25)8-22-18(20)24-16)10(2)23-15(9)17(26)21-7-11-3-5-12(19)6-4-11/h3-6,8,23,25H,7H2,1-2H3,(H,21,26)(H2,20,22,24). The minimum absolute atomic E-state index is 0.0279. The van der Waals surface area contributed by atoms with Crippen molar-refractivity contribution in [1.29, 1.82) is 0 Å². The minimum Gasteiger partial charge on any atom is -0.504 e. The molecule has 0 aliphatic heterocycles. The second-order valence-electron chi connectivity index (χ2n) is 5.90. The molecule has 0 unspecified atom stereocenters. The molecule has 0 saturated carbocycles. The number of carbonyl (C=O) groups is 1. The topological polar surface area (TPSA) is 117 Å². The molecule has 0 fully saturated rings. The molecule has 7 nitrogen and oxygen atoms in total. The second kappa shape index (κ2) is 6.83. The van der Waals surface area contributed by atoms with Gasteiger partial charge in [0.25, 0.3) is 5.91 Å². The zero-order chi connectivity index (χ0) is 18.8. The zero-order valence-electron chi connectivity index (χ0n) is 14.3. The lowest BCUT2D eigenvalue weighted by Gasteiger charge is -2.07. The average Bonchev–Trinajstić information content (AvgIpc) is 2.91. The molecule has 1 aromatic carbocycles. The fourth-order valence-electron chi connectivity index (χ4n) is 2.78. The number of aromatic amines is 1. The van der Waals surface area contributed by atoms with Crippen LogP contribution in [0.25, 0.3) is 11.3 Å². The predicted octanol–water partition coefficient (Wildman–Crippen LogP) is 2.45. The van der Waals surface area contributed by atoms with Gasteiger partial charge in [0.05, 0.1) is 6.20 Å². The molecule has 26 heavy (non-hydrogen) atoms. The van der Waals surface area contributed by atoms with Crippen LogP contribution in [-0.4, -0.2) is 26.0 Å². The molecule has 0 saturated heterocycles. The summed E-state index contributed by atoms with van der Waals surface area (Å²) in [6.07, 6.45) is 1.22. The summed E-state index contributed by atoms with van der Waals surface area (Å²) in [4.78, 5) is 23.3. The number of carbonyl (C=O) groups excluding carboxylic acids is 1. The summed E-state index contributed by atoms with van der Waals surface area (Å²) in [7, 11) is 0. The van der Waals surface area contributed by atoms with Crippen molar-refractivity contribution in [2.45, 2.75) is 20.4 Å². The van der Waals surface area contributed by atoms with E-state index in [0.29, 0.717) is 22.5 Å². The number of halogens is 1. The molecule has 0 spiro atoms. The summed E-state index contributed by atoms with van der Waals surface area (Å²) < 4.78 is 12.9. The number of nitrogens with one attached hydrogen (secondary N) is 2. The Morgan fingerprint density at radius 1 is 1.31 bits per heavy atom. The van der Waals surface area contributed by atoms with E-state index in [4.69, 9.17) is 5.73 Å². The molecule has 2 heterocycles. The first-order chi connectivity index (χ1) is 12.4. The minimum atomic E-state index is -0.329. The lowest BCUT2D eigenvalue weighted by molar-refractivity contribution is 0.0946. The summed E-state index contributed by atoms with van der Waals surface area (Å²) in [6, 6.07) is 5.89. The van der Waals surface area contributed by atoms with Gasteiger partial charge in [0, 0.05) is 17.8 Å². The zero-order valence-corrected chi connectivity index (χ0v) is 14.3. The number of H-pyrrole nitrogens is 1. The van der Waals surface area contributed by atoms with Crippen LogP contribution in [0.1, 0.15) is 27.3 Å². The van der Waals surface area contributed by atoms with E-state index >= 15 is 0 Å². The number of nitrogen functional groups attached to an aromatic ring is 1. The number of nitrogens with two attached hydrogens (primary N) is 1. The Labute approximate surface area is 149 Å². The summed E-state index contributed by atoms with van der Waals surface area (Å²) >= 11 is 0. The Bertz CT molecular complexity index is 966. The van der Waals surface area contributed by atoms with Gasteiger partial charge in [0.1, 0.15) is 17.2 Å². The fraction of sp³-hybridized carbons (Fsp3) is 0.167. The monoisotopic (exact) mass is 355 g/mol. The molecular formula is C18H18FN5O2. The molecule has 1 amide bonds. The summed E-state index contributed by atoms with van der Waals surface area (Å²) in [5.74, 6) is -0.741. The molecule has 3 rings (SSSR count). The molecule has 0 aliphatic rings. The number of amides is 1. The van der Waals surface area contributed by atoms with Gasteiger partial charge >= 0.3 is 0 Å². The second-order valence-corrected chi connectivity index (χ2v) is 5.90. The molecule has 3 aromatic rings. The summed E-state index contributed by atoms with van der Waals surface area (Å²) in [6.45, 7) is 3.79. The first-order valence-corrected chi connectivity index (χ1v) is 7.90. The number of aromatic hydroxyl groups is 1. The van der Waals surface area contributed by atoms with E-state index in [0.717, 1.165) is 5.56 Å². The van der Waals surface area contributed by atoms with E-state index in [1.165, 1.54) is 18.3 Å². The maximum Gasteiger partial charge on any atom is 0.268 e. The highest BCUT2D eigenvalue weighted by molar-refractivity contribution is 5.96. The van der Waals surface area contributed by atoms with Crippen molar-refractivity contribution in [3.05, 3.63) is 58.8 Å². The van der Waals surface area contributed by atoms with Gasteiger partial charge < -0.3 is 21.1 Å². The van der Waals surface area contributed by atoms with E-state index in [-0.39, 0.29) is 35.7 Å². The third-order valence-corrected chi connectivity index (χ3v) is 4.06. The molecular weight excluding hydrogens is 337 g/mol. The summed E-state index contributed by atoms with van der Waals surface area (Å²) in [5.41, 5.74) is 8.91. The van der Waals surface area contributed by atoms with Crippen LogP contribution in [0.3, 0.4) is 0 Å². The number of benzene rings is 1. The van der Waals surface area contributed by atoms with Crippen LogP contribution in [0.15, 0.2) is 30.5 Å².